The standard InChI is InChI=1S/C16H14F2N4OS2/c1-3-4-19-16-22-10-11-9(21-14(23)12(10)25-16)8-6(2)5-7(13(17)18)20-15(8)24-11/h5,12-13H,3-4H2,1-2H3,(H,21,23). The zero-order valence-electron chi connectivity index (χ0n) is 13.5. The number of hydrogen-bond donors (Lipinski definition) is 1. The van der Waals surface area contributed by atoms with Gasteiger partial charge in [-0.3, -0.25) is 9.79 Å². The van der Waals surface area contributed by atoms with Crippen molar-refractivity contribution < 1.29 is 13.6 Å². The average Bonchev–Trinajstić information content (AvgIpc) is 3.14. The molecule has 0 radical (unpaired) electrons. The van der Waals surface area contributed by atoms with Crippen LogP contribution in [0, 0.1) is 6.92 Å². The van der Waals surface area contributed by atoms with E-state index in [1.54, 1.807) is 6.92 Å². The highest BCUT2D eigenvalue weighted by Crippen LogP contribution is 2.44. The number of amidine groups is 1. The summed E-state index contributed by atoms with van der Waals surface area (Å²) in [5.74, 6) is -0.157. The monoisotopic (exact) mass is 380 g/mol. The van der Waals surface area contributed by atoms with Crippen LogP contribution in [0.1, 0.15) is 35.9 Å². The van der Waals surface area contributed by atoms with E-state index < -0.39 is 11.7 Å². The summed E-state index contributed by atoms with van der Waals surface area (Å²) in [6.45, 7) is 4.43. The molecule has 2 aromatic heterocycles. The number of aliphatic imine (C=N–C) groups is 2. The summed E-state index contributed by atoms with van der Waals surface area (Å²) in [5.41, 5.74) is 1.70. The SMILES string of the molecule is CCCN=C1N=C2c3sc4nc(C(F)F)cc(C)c4c3NC(=O)C2S1. The third kappa shape index (κ3) is 2.65. The van der Waals surface area contributed by atoms with Crippen molar-refractivity contribution in [1.29, 1.82) is 0 Å². The molecule has 0 aromatic carbocycles. The van der Waals surface area contributed by atoms with Gasteiger partial charge in [-0.15, -0.1) is 11.3 Å². The molecule has 4 rings (SSSR count). The topological polar surface area (TPSA) is 66.7 Å². The fourth-order valence-corrected chi connectivity index (χ4v) is 5.17. The molecule has 2 aromatic rings. The predicted octanol–water partition coefficient (Wildman–Crippen LogP) is 4.16. The number of nitrogens with zero attached hydrogens (tertiary/aromatic N) is 3. The van der Waals surface area contributed by atoms with E-state index in [0.29, 0.717) is 38.9 Å². The maximum Gasteiger partial charge on any atom is 0.280 e. The van der Waals surface area contributed by atoms with Gasteiger partial charge in [-0.25, -0.2) is 18.8 Å². The largest absolute Gasteiger partial charge is 0.323 e. The highest BCUT2D eigenvalue weighted by atomic mass is 32.2. The van der Waals surface area contributed by atoms with Gasteiger partial charge in [-0.1, -0.05) is 18.7 Å². The number of aromatic nitrogens is 1. The lowest BCUT2D eigenvalue weighted by molar-refractivity contribution is -0.114. The number of amides is 1. The maximum absolute atomic E-state index is 13.0. The Labute approximate surface area is 150 Å². The van der Waals surface area contributed by atoms with Crippen molar-refractivity contribution in [2.24, 2.45) is 9.98 Å². The van der Waals surface area contributed by atoms with Crippen LogP contribution < -0.4 is 5.32 Å². The van der Waals surface area contributed by atoms with Crippen LogP contribution in [0.15, 0.2) is 16.1 Å². The summed E-state index contributed by atoms with van der Waals surface area (Å²) in [4.78, 5) is 26.7. The zero-order chi connectivity index (χ0) is 17.7. The van der Waals surface area contributed by atoms with Gasteiger partial charge < -0.3 is 5.32 Å². The number of alkyl halides is 2. The second-order valence-corrected chi connectivity index (χ2v) is 7.87. The van der Waals surface area contributed by atoms with E-state index in [9.17, 15) is 13.6 Å². The smallest absolute Gasteiger partial charge is 0.280 e. The molecule has 25 heavy (non-hydrogen) atoms. The molecule has 1 N–H and O–H groups in total. The van der Waals surface area contributed by atoms with Crippen molar-refractivity contribution in [1.82, 2.24) is 4.98 Å². The van der Waals surface area contributed by atoms with Gasteiger partial charge in [0, 0.05) is 11.9 Å². The molecule has 0 spiro atoms. The summed E-state index contributed by atoms with van der Waals surface area (Å²) in [7, 11) is 0. The molecular formula is C16H14F2N4OS2. The Morgan fingerprint density at radius 2 is 2.24 bits per heavy atom. The summed E-state index contributed by atoms with van der Waals surface area (Å²) in [5, 5.41) is 3.78. The van der Waals surface area contributed by atoms with Crippen LogP contribution in [-0.4, -0.2) is 33.6 Å². The zero-order valence-corrected chi connectivity index (χ0v) is 15.1. The van der Waals surface area contributed by atoms with Crippen molar-refractivity contribution >= 4 is 55.8 Å². The van der Waals surface area contributed by atoms with Crippen molar-refractivity contribution in [2.45, 2.75) is 31.9 Å². The molecule has 130 valence electrons. The summed E-state index contributed by atoms with van der Waals surface area (Å²) >= 11 is 2.62. The first kappa shape index (κ1) is 16.6. The number of fused-ring (bicyclic) bond motifs is 5. The second kappa shape index (κ2) is 6.14. The fourth-order valence-electron chi connectivity index (χ4n) is 2.88. The first-order valence-corrected chi connectivity index (χ1v) is 9.52. The van der Waals surface area contributed by atoms with Crippen LogP contribution in [0.3, 0.4) is 0 Å². The predicted molar refractivity (Wildman–Crippen MR) is 98.5 cm³/mol. The molecule has 2 aliphatic rings. The summed E-state index contributed by atoms with van der Waals surface area (Å²) < 4.78 is 26.1. The van der Waals surface area contributed by atoms with Crippen LogP contribution in [0.4, 0.5) is 14.5 Å². The summed E-state index contributed by atoms with van der Waals surface area (Å²) in [6.07, 6.45) is -1.73. The lowest BCUT2D eigenvalue weighted by Gasteiger charge is -2.18. The van der Waals surface area contributed by atoms with Gasteiger partial charge in [-0.05, 0) is 25.0 Å². The molecule has 2 aliphatic heterocycles. The maximum atomic E-state index is 13.0. The number of pyridine rings is 1. The molecule has 1 atom stereocenters. The minimum atomic E-state index is -2.63. The minimum absolute atomic E-state index is 0.157. The number of carbonyl (C=O) groups excluding carboxylic acids is 1. The number of halogens is 2. The van der Waals surface area contributed by atoms with Gasteiger partial charge in [0.1, 0.15) is 15.8 Å². The van der Waals surface area contributed by atoms with Crippen LogP contribution in [0.2, 0.25) is 0 Å². The molecule has 0 aliphatic carbocycles. The van der Waals surface area contributed by atoms with Crippen molar-refractivity contribution in [2.75, 3.05) is 11.9 Å². The molecule has 9 heteroatoms. The van der Waals surface area contributed by atoms with E-state index in [-0.39, 0.29) is 11.6 Å². The molecule has 0 saturated carbocycles. The molecule has 0 fully saturated rings. The number of thiophene rings is 1. The van der Waals surface area contributed by atoms with Gasteiger partial charge in [0.25, 0.3) is 6.43 Å². The Bertz CT molecular complexity index is 951. The van der Waals surface area contributed by atoms with Crippen LogP contribution in [0.25, 0.3) is 10.2 Å². The Morgan fingerprint density at radius 1 is 1.44 bits per heavy atom. The first-order chi connectivity index (χ1) is 12.0. The Balaban J connectivity index is 1.89. The molecule has 4 heterocycles. The highest BCUT2D eigenvalue weighted by Gasteiger charge is 2.41. The van der Waals surface area contributed by atoms with Gasteiger partial charge in [0.2, 0.25) is 5.91 Å². The third-order valence-corrected chi connectivity index (χ3v) is 6.19. The normalized spacial score (nSPS) is 20.8. The lowest BCUT2D eigenvalue weighted by Crippen LogP contribution is -2.35. The third-order valence-electron chi connectivity index (χ3n) is 3.98. The molecule has 0 saturated heterocycles. The van der Waals surface area contributed by atoms with E-state index in [1.807, 2.05) is 6.92 Å². The number of nitrogens with one attached hydrogen (secondary N) is 1. The van der Waals surface area contributed by atoms with Gasteiger partial charge in [0.05, 0.1) is 16.3 Å². The number of rotatable bonds is 3. The van der Waals surface area contributed by atoms with Crippen LogP contribution in [0.5, 0.6) is 0 Å². The first-order valence-electron chi connectivity index (χ1n) is 7.82. The Hall–Kier alpha value is -1.87. The van der Waals surface area contributed by atoms with E-state index in [0.717, 1.165) is 11.3 Å². The van der Waals surface area contributed by atoms with Crippen LogP contribution >= 0.6 is 23.1 Å². The number of thioether (sulfide) groups is 1. The molecule has 5 nitrogen and oxygen atoms in total. The van der Waals surface area contributed by atoms with E-state index >= 15 is 0 Å². The second-order valence-electron chi connectivity index (χ2n) is 5.80. The quantitative estimate of drug-likeness (QED) is 0.869. The van der Waals surface area contributed by atoms with Gasteiger partial charge in [0.15, 0.2) is 5.17 Å². The van der Waals surface area contributed by atoms with E-state index in [1.165, 1.54) is 29.2 Å². The number of anilines is 1. The minimum Gasteiger partial charge on any atom is -0.323 e. The lowest BCUT2D eigenvalue weighted by atomic mass is 10.0. The van der Waals surface area contributed by atoms with Crippen molar-refractivity contribution in [3.8, 4) is 0 Å². The van der Waals surface area contributed by atoms with Crippen molar-refractivity contribution in [3.05, 3.63) is 22.2 Å². The molecular weight excluding hydrogens is 366 g/mol. The fraction of sp³-hybridized carbons (Fsp3) is 0.375. The highest BCUT2D eigenvalue weighted by molar-refractivity contribution is 8.16. The van der Waals surface area contributed by atoms with Crippen molar-refractivity contribution in [3.63, 3.8) is 0 Å². The van der Waals surface area contributed by atoms with E-state index in [4.69, 9.17) is 0 Å². The molecule has 1 unspecified atom stereocenters. The van der Waals surface area contributed by atoms with Gasteiger partial charge >= 0.3 is 0 Å². The molecule has 1 amide bonds. The van der Waals surface area contributed by atoms with E-state index in [2.05, 4.69) is 20.3 Å². The van der Waals surface area contributed by atoms with Gasteiger partial charge in [-0.2, -0.15) is 0 Å². The average molecular weight is 380 g/mol. The Kier molecular flexibility index (Phi) is 4.07. The number of hydrogen-bond acceptors (Lipinski definition) is 5. The Morgan fingerprint density at radius 3 is 2.96 bits per heavy atom. The van der Waals surface area contributed by atoms with Crippen LogP contribution in [-0.2, 0) is 4.79 Å². The number of aryl methyl sites for hydroxylation is 1. The summed E-state index contributed by atoms with van der Waals surface area (Å²) in [6, 6.07) is 1.37. The number of carbonyl (C=O) groups is 1. The molecule has 0 bridgehead atoms.